The zero-order valence-electron chi connectivity index (χ0n) is 10.9. The number of carbonyl (C=O) groups excluding carboxylic acids is 1. The summed E-state index contributed by atoms with van der Waals surface area (Å²) in [4.78, 5) is 10.6. The third-order valence-corrected chi connectivity index (χ3v) is 3.41. The minimum Gasteiger partial charge on any atom is -0.508 e. The van der Waals surface area contributed by atoms with E-state index in [4.69, 9.17) is 0 Å². The Balaban J connectivity index is 1.91. The van der Waals surface area contributed by atoms with Crippen molar-refractivity contribution < 1.29 is 9.90 Å². The predicted octanol–water partition coefficient (Wildman–Crippen LogP) is 3.95. The maximum Gasteiger partial charge on any atom is 0.150 e. The largest absolute Gasteiger partial charge is 0.508 e. The van der Waals surface area contributed by atoms with E-state index in [1.807, 2.05) is 30.3 Å². The SMILES string of the molecule is O=Cc1ccc(Cc2ccc3ccc(O)cc3c2)cc1. The molecule has 0 unspecified atom stereocenters. The minimum absolute atomic E-state index is 0.282. The Kier molecular flexibility index (Phi) is 3.21. The number of carbonyl (C=O) groups is 1. The van der Waals surface area contributed by atoms with Crippen LogP contribution in [0.1, 0.15) is 21.5 Å². The lowest BCUT2D eigenvalue weighted by molar-refractivity contribution is 0.112. The smallest absolute Gasteiger partial charge is 0.150 e. The van der Waals surface area contributed by atoms with E-state index >= 15 is 0 Å². The van der Waals surface area contributed by atoms with Gasteiger partial charge in [-0.25, -0.2) is 0 Å². The van der Waals surface area contributed by atoms with Crippen LogP contribution in [-0.2, 0) is 6.42 Å². The molecule has 0 aliphatic rings. The van der Waals surface area contributed by atoms with Crippen molar-refractivity contribution in [2.75, 3.05) is 0 Å². The summed E-state index contributed by atoms with van der Waals surface area (Å²) in [6.45, 7) is 0. The van der Waals surface area contributed by atoms with E-state index in [0.29, 0.717) is 5.56 Å². The van der Waals surface area contributed by atoms with Crippen LogP contribution < -0.4 is 0 Å². The highest BCUT2D eigenvalue weighted by molar-refractivity contribution is 5.84. The molecular weight excluding hydrogens is 248 g/mol. The molecule has 20 heavy (non-hydrogen) atoms. The van der Waals surface area contributed by atoms with Crippen molar-refractivity contribution in [2.24, 2.45) is 0 Å². The van der Waals surface area contributed by atoms with Crippen molar-refractivity contribution in [1.29, 1.82) is 0 Å². The number of hydrogen-bond donors (Lipinski definition) is 1. The molecule has 1 N–H and O–H groups in total. The van der Waals surface area contributed by atoms with Gasteiger partial charge in [-0.3, -0.25) is 4.79 Å². The molecule has 3 rings (SSSR count). The number of rotatable bonds is 3. The second kappa shape index (κ2) is 5.17. The monoisotopic (exact) mass is 262 g/mol. The molecule has 0 radical (unpaired) electrons. The molecule has 0 spiro atoms. The van der Waals surface area contributed by atoms with Crippen molar-refractivity contribution in [1.82, 2.24) is 0 Å². The zero-order chi connectivity index (χ0) is 13.9. The Hall–Kier alpha value is -2.61. The van der Waals surface area contributed by atoms with Crippen LogP contribution in [0.5, 0.6) is 5.75 Å². The van der Waals surface area contributed by atoms with Gasteiger partial charge in [0.15, 0.2) is 0 Å². The van der Waals surface area contributed by atoms with E-state index < -0.39 is 0 Å². The lowest BCUT2D eigenvalue weighted by atomic mass is 10.0. The maximum absolute atomic E-state index is 10.6. The number of fused-ring (bicyclic) bond motifs is 1. The number of hydrogen-bond acceptors (Lipinski definition) is 2. The molecule has 0 atom stereocenters. The fraction of sp³-hybridized carbons (Fsp3) is 0.0556. The summed E-state index contributed by atoms with van der Waals surface area (Å²) in [5.41, 5.74) is 3.04. The van der Waals surface area contributed by atoms with E-state index in [1.54, 1.807) is 12.1 Å². The molecule has 0 heterocycles. The van der Waals surface area contributed by atoms with Crippen LogP contribution in [0.25, 0.3) is 10.8 Å². The van der Waals surface area contributed by atoms with Crippen molar-refractivity contribution in [2.45, 2.75) is 6.42 Å². The summed E-state index contributed by atoms with van der Waals surface area (Å²) >= 11 is 0. The van der Waals surface area contributed by atoms with Gasteiger partial charge in [0, 0.05) is 5.56 Å². The summed E-state index contributed by atoms with van der Waals surface area (Å²) < 4.78 is 0. The average molecular weight is 262 g/mol. The first-order valence-electron chi connectivity index (χ1n) is 6.50. The van der Waals surface area contributed by atoms with Gasteiger partial charge >= 0.3 is 0 Å². The second-order valence-electron chi connectivity index (χ2n) is 4.90. The molecule has 0 bridgehead atoms. The Morgan fingerprint density at radius 3 is 2.25 bits per heavy atom. The highest BCUT2D eigenvalue weighted by atomic mass is 16.3. The Labute approximate surface area is 117 Å². The van der Waals surface area contributed by atoms with Gasteiger partial charge in [0.25, 0.3) is 0 Å². The van der Waals surface area contributed by atoms with Crippen LogP contribution in [0, 0.1) is 0 Å². The van der Waals surface area contributed by atoms with Crippen LogP contribution in [0.2, 0.25) is 0 Å². The van der Waals surface area contributed by atoms with Gasteiger partial charge in [0.05, 0.1) is 0 Å². The van der Waals surface area contributed by atoms with E-state index in [2.05, 4.69) is 18.2 Å². The van der Waals surface area contributed by atoms with Crippen molar-refractivity contribution in [3.63, 3.8) is 0 Å². The Morgan fingerprint density at radius 1 is 0.800 bits per heavy atom. The molecule has 0 aromatic heterocycles. The molecule has 0 saturated heterocycles. The van der Waals surface area contributed by atoms with Crippen LogP contribution in [0.4, 0.5) is 0 Å². The van der Waals surface area contributed by atoms with Crippen LogP contribution in [0.15, 0.2) is 60.7 Å². The molecule has 98 valence electrons. The first-order valence-corrected chi connectivity index (χ1v) is 6.50. The van der Waals surface area contributed by atoms with Crippen LogP contribution in [-0.4, -0.2) is 11.4 Å². The van der Waals surface area contributed by atoms with Gasteiger partial charge in [-0.1, -0.05) is 48.5 Å². The normalized spacial score (nSPS) is 10.6. The summed E-state index contributed by atoms with van der Waals surface area (Å²) in [5.74, 6) is 0.282. The van der Waals surface area contributed by atoms with Crippen LogP contribution in [0.3, 0.4) is 0 Å². The van der Waals surface area contributed by atoms with Crippen molar-refractivity contribution in [3.8, 4) is 5.75 Å². The fourth-order valence-corrected chi connectivity index (χ4v) is 2.34. The highest BCUT2D eigenvalue weighted by Crippen LogP contribution is 2.22. The molecule has 0 fully saturated rings. The van der Waals surface area contributed by atoms with Gasteiger partial charge in [-0.2, -0.15) is 0 Å². The first-order chi connectivity index (χ1) is 9.74. The molecule has 3 aromatic rings. The fourth-order valence-electron chi connectivity index (χ4n) is 2.34. The van der Waals surface area contributed by atoms with Crippen LogP contribution >= 0.6 is 0 Å². The summed E-state index contributed by atoms with van der Waals surface area (Å²) in [6.07, 6.45) is 1.66. The van der Waals surface area contributed by atoms with E-state index in [-0.39, 0.29) is 5.75 Å². The predicted molar refractivity (Wildman–Crippen MR) is 80.2 cm³/mol. The number of phenols is 1. The third-order valence-electron chi connectivity index (χ3n) is 3.41. The number of aromatic hydroxyl groups is 1. The van der Waals surface area contributed by atoms with E-state index in [1.165, 1.54) is 5.56 Å². The number of benzene rings is 3. The molecule has 2 heteroatoms. The summed E-state index contributed by atoms with van der Waals surface area (Å²) in [7, 11) is 0. The van der Waals surface area contributed by atoms with Gasteiger partial charge in [-0.05, 0) is 40.5 Å². The zero-order valence-corrected chi connectivity index (χ0v) is 10.9. The molecule has 0 aliphatic heterocycles. The Morgan fingerprint density at radius 2 is 1.50 bits per heavy atom. The summed E-state index contributed by atoms with van der Waals surface area (Å²) in [5, 5.41) is 11.7. The lowest BCUT2D eigenvalue weighted by Gasteiger charge is -2.05. The van der Waals surface area contributed by atoms with Gasteiger partial charge < -0.3 is 5.11 Å². The molecule has 0 aliphatic carbocycles. The molecule has 0 amide bonds. The third kappa shape index (κ3) is 2.54. The van der Waals surface area contributed by atoms with E-state index in [9.17, 15) is 9.90 Å². The minimum atomic E-state index is 0.282. The molecule has 0 saturated carbocycles. The van der Waals surface area contributed by atoms with Crippen molar-refractivity contribution in [3.05, 3.63) is 77.4 Å². The summed E-state index contributed by atoms with van der Waals surface area (Å²) in [6, 6.07) is 19.2. The number of aldehydes is 1. The topological polar surface area (TPSA) is 37.3 Å². The second-order valence-corrected chi connectivity index (χ2v) is 4.90. The van der Waals surface area contributed by atoms with Gasteiger partial charge in [0.1, 0.15) is 12.0 Å². The van der Waals surface area contributed by atoms with Gasteiger partial charge in [-0.15, -0.1) is 0 Å². The maximum atomic E-state index is 10.6. The van der Waals surface area contributed by atoms with Gasteiger partial charge in [0.2, 0.25) is 0 Å². The molecule has 3 aromatic carbocycles. The number of phenolic OH excluding ortho intramolecular Hbond substituents is 1. The van der Waals surface area contributed by atoms with E-state index in [0.717, 1.165) is 29.0 Å². The molecule has 2 nitrogen and oxygen atoms in total. The standard InChI is InChI=1S/C18H14O2/c19-12-14-3-1-13(2-4-14)9-15-5-6-16-7-8-18(20)11-17(16)10-15/h1-8,10-12,20H,9H2. The first kappa shape index (κ1) is 12.4. The average Bonchev–Trinajstić information content (AvgIpc) is 2.47. The highest BCUT2D eigenvalue weighted by Gasteiger charge is 2.00. The van der Waals surface area contributed by atoms with Crippen molar-refractivity contribution >= 4 is 17.1 Å². The Bertz CT molecular complexity index is 758. The molecular formula is C18H14O2. The quantitative estimate of drug-likeness (QED) is 0.726. The lowest BCUT2D eigenvalue weighted by Crippen LogP contribution is -1.89.